The van der Waals surface area contributed by atoms with Gasteiger partial charge in [0.2, 0.25) is 0 Å². The van der Waals surface area contributed by atoms with E-state index in [2.05, 4.69) is 0 Å². The van der Waals surface area contributed by atoms with Crippen LogP contribution >= 0.6 is 11.6 Å². The maximum atomic E-state index is 12.0. The molecule has 1 aliphatic rings. The molecule has 1 saturated heterocycles. The van der Waals surface area contributed by atoms with Crippen molar-refractivity contribution in [3.63, 3.8) is 0 Å². The molecule has 1 aliphatic heterocycles. The number of ether oxygens (including phenoxy) is 1. The van der Waals surface area contributed by atoms with Gasteiger partial charge in [-0.2, -0.15) is 0 Å². The number of β-amino-alcohol motifs (C(OH)–C–C–N with tert-alkyl or cyclic N) is 1. The quantitative estimate of drug-likeness (QED) is 0.876. The fourth-order valence-corrected chi connectivity index (χ4v) is 2.14. The molecule has 6 heteroatoms. The summed E-state index contributed by atoms with van der Waals surface area (Å²) in [5.74, 6) is 0.349. The Kier molecular flexibility index (Phi) is 4.52. The van der Waals surface area contributed by atoms with Crippen LogP contribution in [-0.4, -0.2) is 52.4 Å². The summed E-state index contributed by atoms with van der Waals surface area (Å²) in [5, 5.41) is 20.2. The average molecular weight is 300 g/mol. The Bertz CT molecular complexity index is 475. The van der Waals surface area contributed by atoms with Gasteiger partial charge >= 0.3 is 0 Å². The minimum Gasteiger partial charge on any atom is -0.484 e. The molecule has 0 bridgehead atoms. The molecule has 1 heterocycles. The normalized spacial score (nSPS) is 26.4. The van der Waals surface area contributed by atoms with Crippen molar-refractivity contribution in [1.29, 1.82) is 0 Å². The predicted molar refractivity (Wildman–Crippen MR) is 74.8 cm³/mol. The highest BCUT2D eigenvalue weighted by Gasteiger charge is 2.37. The van der Waals surface area contributed by atoms with Gasteiger partial charge in [-0.25, -0.2) is 0 Å². The number of carbonyl (C=O) groups is 1. The SMILES string of the molecule is C[C@@]1(O)CCN(C(=O)COc2ccc(Cl)cc2)C[C@@H]1O. The number of aliphatic hydroxyl groups excluding tert-OH is 1. The number of amides is 1. The second-order valence-electron chi connectivity index (χ2n) is 5.21. The first kappa shape index (κ1) is 15.1. The molecule has 0 unspecified atom stereocenters. The molecule has 2 N–H and O–H groups in total. The number of likely N-dealkylation sites (tertiary alicyclic amines) is 1. The van der Waals surface area contributed by atoms with Gasteiger partial charge in [-0.3, -0.25) is 4.79 Å². The fraction of sp³-hybridized carbons (Fsp3) is 0.500. The van der Waals surface area contributed by atoms with Gasteiger partial charge in [0.15, 0.2) is 6.61 Å². The maximum absolute atomic E-state index is 12.0. The molecule has 2 rings (SSSR count). The van der Waals surface area contributed by atoms with E-state index in [1.54, 1.807) is 31.2 Å². The van der Waals surface area contributed by atoms with Gasteiger partial charge in [0.05, 0.1) is 11.7 Å². The van der Waals surface area contributed by atoms with E-state index in [0.29, 0.717) is 23.7 Å². The number of nitrogens with zero attached hydrogens (tertiary/aromatic N) is 1. The van der Waals surface area contributed by atoms with E-state index in [1.807, 2.05) is 0 Å². The maximum Gasteiger partial charge on any atom is 0.260 e. The lowest BCUT2D eigenvalue weighted by atomic mass is 9.91. The summed E-state index contributed by atoms with van der Waals surface area (Å²) in [6, 6.07) is 6.74. The summed E-state index contributed by atoms with van der Waals surface area (Å²) < 4.78 is 5.37. The van der Waals surface area contributed by atoms with Gasteiger partial charge in [0.1, 0.15) is 5.75 Å². The summed E-state index contributed by atoms with van der Waals surface area (Å²) >= 11 is 5.76. The van der Waals surface area contributed by atoms with Crippen molar-refractivity contribution >= 4 is 17.5 Å². The molecule has 1 amide bonds. The Morgan fingerprint density at radius 1 is 1.50 bits per heavy atom. The zero-order chi connectivity index (χ0) is 14.8. The zero-order valence-corrected chi connectivity index (χ0v) is 12.0. The van der Waals surface area contributed by atoms with Gasteiger partial charge in [-0.1, -0.05) is 11.6 Å². The third-order valence-electron chi connectivity index (χ3n) is 3.53. The van der Waals surface area contributed by atoms with Crippen molar-refractivity contribution in [2.75, 3.05) is 19.7 Å². The third-order valence-corrected chi connectivity index (χ3v) is 3.78. The van der Waals surface area contributed by atoms with Gasteiger partial charge in [-0.15, -0.1) is 0 Å². The van der Waals surface area contributed by atoms with E-state index in [1.165, 1.54) is 4.90 Å². The van der Waals surface area contributed by atoms with Gasteiger partial charge in [0, 0.05) is 18.1 Å². The first-order valence-electron chi connectivity index (χ1n) is 6.45. The smallest absolute Gasteiger partial charge is 0.260 e. The van der Waals surface area contributed by atoms with E-state index < -0.39 is 11.7 Å². The van der Waals surface area contributed by atoms with Crippen LogP contribution in [0.15, 0.2) is 24.3 Å². The summed E-state index contributed by atoms with van der Waals surface area (Å²) in [7, 11) is 0. The summed E-state index contributed by atoms with van der Waals surface area (Å²) in [5.41, 5.74) is -1.13. The number of halogens is 1. The fourth-order valence-electron chi connectivity index (χ4n) is 2.02. The summed E-state index contributed by atoms with van der Waals surface area (Å²) in [6.45, 7) is 2.00. The lowest BCUT2D eigenvalue weighted by molar-refractivity contribution is -0.148. The minimum absolute atomic E-state index is 0.101. The van der Waals surface area contributed by atoms with E-state index in [4.69, 9.17) is 16.3 Å². The van der Waals surface area contributed by atoms with Gasteiger partial charge < -0.3 is 19.8 Å². The first-order chi connectivity index (χ1) is 9.38. The lowest BCUT2D eigenvalue weighted by Crippen LogP contribution is -2.56. The average Bonchev–Trinajstić information content (AvgIpc) is 2.41. The van der Waals surface area contributed by atoms with E-state index >= 15 is 0 Å². The molecule has 110 valence electrons. The number of hydrogen-bond acceptors (Lipinski definition) is 4. The Hall–Kier alpha value is -1.30. The largest absolute Gasteiger partial charge is 0.484 e. The zero-order valence-electron chi connectivity index (χ0n) is 11.3. The molecule has 0 spiro atoms. The Labute approximate surface area is 122 Å². The van der Waals surface area contributed by atoms with Crippen LogP contribution in [0.1, 0.15) is 13.3 Å². The second kappa shape index (κ2) is 5.99. The molecule has 0 radical (unpaired) electrons. The number of rotatable bonds is 3. The molecule has 1 aromatic rings. The number of piperidine rings is 1. The predicted octanol–water partition coefficient (Wildman–Crippen LogP) is 1.06. The minimum atomic E-state index is -1.13. The number of aliphatic hydroxyl groups is 2. The third kappa shape index (κ3) is 3.62. The van der Waals surface area contributed by atoms with Crippen LogP contribution in [0.4, 0.5) is 0 Å². The van der Waals surface area contributed by atoms with Gasteiger partial charge in [0.25, 0.3) is 5.91 Å². The summed E-state index contributed by atoms with van der Waals surface area (Å²) in [4.78, 5) is 13.5. The number of carbonyl (C=O) groups excluding carboxylic acids is 1. The Balaban J connectivity index is 1.85. The molecule has 2 atom stereocenters. The van der Waals surface area contributed by atoms with Crippen LogP contribution in [0.25, 0.3) is 0 Å². The van der Waals surface area contributed by atoms with Crippen LogP contribution in [0, 0.1) is 0 Å². The topological polar surface area (TPSA) is 70.0 Å². The monoisotopic (exact) mass is 299 g/mol. The van der Waals surface area contributed by atoms with Crippen LogP contribution in [0.5, 0.6) is 5.75 Å². The van der Waals surface area contributed by atoms with Crippen molar-refractivity contribution < 1.29 is 19.7 Å². The molecule has 5 nitrogen and oxygen atoms in total. The highest BCUT2D eigenvalue weighted by atomic mass is 35.5. The van der Waals surface area contributed by atoms with Crippen molar-refractivity contribution in [2.24, 2.45) is 0 Å². The van der Waals surface area contributed by atoms with Crippen LogP contribution < -0.4 is 4.74 Å². The van der Waals surface area contributed by atoms with Crippen LogP contribution in [0.2, 0.25) is 5.02 Å². The Morgan fingerprint density at radius 2 is 2.15 bits per heavy atom. The second-order valence-corrected chi connectivity index (χ2v) is 5.64. The highest BCUT2D eigenvalue weighted by molar-refractivity contribution is 6.30. The Morgan fingerprint density at radius 3 is 2.75 bits per heavy atom. The molecule has 0 aliphatic carbocycles. The molecule has 0 saturated carbocycles. The molecular weight excluding hydrogens is 282 g/mol. The molecule has 0 aromatic heterocycles. The molecule has 20 heavy (non-hydrogen) atoms. The number of benzene rings is 1. The van der Waals surface area contributed by atoms with Crippen molar-refractivity contribution in [2.45, 2.75) is 25.0 Å². The van der Waals surface area contributed by atoms with Crippen LogP contribution in [0.3, 0.4) is 0 Å². The van der Waals surface area contributed by atoms with Crippen molar-refractivity contribution in [3.05, 3.63) is 29.3 Å². The standard InChI is InChI=1S/C14H18ClNO4/c1-14(19)6-7-16(8-12(14)17)13(18)9-20-11-4-2-10(15)3-5-11/h2-5,12,17,19H,6-9H2,1H3/t12-,14+/m0/s1. The van der Waals surface area contributed by atoms with Crippen molar-refractivity contribution in [1.82, 2.24) is 4.90 Å². The first-order valence-corrected chi connectivity index (χ1v) is 6.83. The van der Waals surface area contributed by atoms with E-state index in [0.717, 1.165) is 0 Å². The van der Waals surface area contributed by atoms with E-state index in [9.17, 15) is 15.0 Å². The highest BCUT2D eigenvalue weighted by Crippen LogP contribution is 2.22. The molecule has 1 fully saturated rings. The summed E-state index contributed by atoms with van der Waals surface area (Å²) in [6.07, 6.45) is -0.586. The lowest BCUT2D eigenvalue weighted by Gasteiger charge is -2.39. The number of hydrogen-bond donors (Lipinski definition) is 2. The van der Waals surface area contributed by atoms with Crippen molar-refractivity contribution in [3.8, 4) is 5.75 Å². The molecule has 1 aromatic carbocycles. The van der Waals surface area contributed by atoms with Gasteiger partial charge in [-0.05, 0) is 37.6 Å². The molecular formula is C14H18ClNO4. The van der Waals surface area contributed by atoms with E-state index in [-0.39, 0.29) is 19.1 Å². The van der Waals surface area contributed by atoms with Crippen LogP contribution in [-0.2, 0) is 4.79 Å².